The van der Waals surface area contributed by atoms with Crippen LogP contribution in [0, 0.1) is 0 Å². The average molecular weight is 565 g/mol. The normalized spacial score (nSPS) is 32.9. The fraction of sp³-hybridized carbons (Fsp3) is 0.727. The van der Waals surface area contributed by atoms with Gasteiger partial charge in [-0.1, -0.05) is 44.2 Å². The van der Waals surface area contributed by atoms with E-state index in [0.717, 1.165) is 43.2 Å². The van der Waals surface area contributed by atoms with Crippen molar-refractivity contribution in [1.29, 1.82) is 0 Å². The lowest BCUT2D eigenvalue weighted by Gasteiger charge is -2.49. The second kappa shape index (κ2) is 12.1. The van der Waals surface area contributed by atoms with Gasteiger partial charge in [-0.2, -0.15) is 0 Å². The van der Waals surface area contributed by atoms with E-state index in [1.165, 1.54) is 57.8 Å². The number of aliphatic imine (C=N–C) groups is 1. The molecule has 5 atom stereocenters. The first-order valence-electron chi connectivity index (χ1n) is 16.4. The monoisotopic (exact) mass is 564 g/mol. The van der Waals surface area contributed by atoms with Gasteiger partial charge in [0, 0.05) is 56.2 Å². The van der Waals surface area contributed by atoms with Crippen LogP contribution in [0.3, 0.4) is 0 Å². The molecule has 8 nitrogen and oxygen atoms in total. The summed E-state index contributed by atoms with van der Waals surface area (Å²) < 4.78 is 5.50. The second-order valence-corrected chi connectivity index (χ2v) is 13.4. The molecule has 6 rings (SSSR count). The van der Waals surface area contributed by atoms with Crippen molar-refractivity contribution in [3.63, 3.8) is 0 Å². The van der Waals surface area contributed by atoms with E-state index in [4.69, 9.17) is 9.73 Å². The Morgan fingerprint density at radius 3 is 2.39 bits per heavy atom. The van der Waals surface area contributed by atoms with Crippen LogP contribution in [0.25, 0.3) is 0 Å². The van der Waals surface area contributed by atoms with Gasteiger partial charge in [-0.05, 0) is 52.1 Å². The highest BCUT2D eigenvalue weighted by Gasteiger charge is 2.56. The van der Waals surface area contributed by atoms with Crippen LogP contribution in [0.1, 0.15) is 84.0 Å². The van der Waals surface area contributed by atoms with Crippen molar-refractivity contribution in [3.8, 4) is 0 Å². The van der Waals surface area contributed by atoms with Crippen molar-refractivity contribution in [2.45, 2.75) is 114 Å². The Balaban J connectivity index is 1.22. The van der Waals surface area contributed by atoms with Crippen LogP contribution in [-0.2, 0) is 14.3 Å². The molecule has 4 heterocycles. The van der Waals surface area contributed by atoms with Gasteiger partial charge in [-0.3, -0.25) is 14.6 Å². The van der Waals surface area contributed by atoms with Gasteiger partial charge in [0.1, 0.15) is 11.7 Å². The van der Waals surface area contributed by atoms with E-state index in [-0.39, 0.29) is 30.5 Å². The summed E-state index contributed by atoms with van der Waals surface area (Å²) in [5.74, 6) is 0.548. The molecule has 8 heteroatoms. The number of hydrogen-bond acceptors (Lipinski definition) is 7. The molecule has 0 aromatic heterocycles. The third-order valence-electron chi connectivity index (χ3n) is 11.0. The number of fused-ring (bicyclic) bond motifs is 3. The van der Waals surface area contributed by atoms with Gasteiger partial charge in [0.25, 0.3) is 0 Å². The SMILES string of the molecule is CCOC(=O)CN(C)C1CCN(C2=Nc3ccccc3[N+](C)(C3CC4CC[C@@H](C3)N4C3CCCCCCC3)C2=O)C1. The first kappa shape index (κ1) is 28.8. The number of nitrogens with zero attached hydrogens (tertiary/aromatic N) is 5. The van der Waals surface area contributed by atoms with Gasteiger partial charge in [0.05, 0.1) is 20.2 Å². The maximum Gasteiger partial charge on any atom is 0.386 e. The fourth-order valence-corrected chi connectivity index (χ4v) is 8.77. The second-order valence-electron chi connectivity index (χ2n) is 13.4. The third-order valence-corrected chi connectivity index (χ3v) is 11.0. The highest BCUT2D eigenvalue weighted by atomic mass is 16.5. The number of likely N-dealkylation sites (N-methyl/N-ethyl adjacent to an activating group) is 2. The molecule has 4 aliphatic heterocycles. The molecule has 1 saturated carbocycles. The minimum absolute atomic E-state index is 0.140. The van der Waals surface area contributed by atoms with Gasteiger partial charge in [-0.25, -0.2) is 14.3 Å². The Hall–Kier alpha value is -2.29. The largest absolute Gasteiger partial charge is 0.465 e. The smallest absolute Gasteiger partial charge is 0.386 e. The van der Waals surface area contributed by atoms with Gasteiger partial charge in [0.15, 0.2) is 5.69 Å². The lowest BCUT2D eigenvalue weighted by atomic mass is 9.88. The molecular weight excluding hydrogens is 514 g/mol. The Labute approximate surface area is 246 Å². The molecule has 5 aliphatic rings. The Morgan fingerprint density at radius 2 is 1.68 bits per heavy atom. The molecule has 0 spiro atoms. The summed E-state index contributed by atoms with van der Waals surface area (Å²) in [7, 11) is 4.15. The number of piperidine rings is 1. The minimum Gasteiger partial charge on any atom is -0.465 e. The van der Waals surface area contributed by atoms with Crippen molar-refractivity contribution in [2.75, 3.05) is 40.3 Å². The molecule has 1 aromatic carbocycles. The summed E-state index contributed by atoms with van der Waals surface area (Å²) >= 11 is 0. The third kappa shape index (κ3) is 5.48. The van der Waals surface area contributed by atoms with Crippen LogP contribution in [0.4, 0.5) is 11.4 Å². The van der Waals surface area contributed by atoms with E-state index in [1.807, 2.05) is 20.0 Å². The molecule has 3 saturated heterocycles. The van der Waals surface area contributed by atoms with Crippen molar-refractivity contribution < 1.29 is 14.3 Å². The van der Waals surface area contributed by atoms with Crippen LogP contribution in [0.5, 0.6) is 0 Å². The number of likely N-dealkylation sites (tertiary alicyclic amines) is 1. The average Bonchev–Trinajstić information content (AvgIpc) is 3.53. The van der Waals surface area contributed by atoms with Crippen molar-refractivity contribution in [3.05, 3.63) is 24.3 Å². The lowest BCUT2D eigenvalue weighted by Crippen LogP contribution is -2.67. The van der Waals surface area contributed by atoms with E-state index >= 15 is 0 Å². The number of quaternary nitrogens is 1. The van der Waals surface area contributed by atoms with Crippen LogP contribution in [0.2, 0.25) is 0 Å². The zero-order valence-corrected chi connectivity index (χ0v) is 25.5. The number of amidine groups is 1. The predicted octanol–water partition coefficient (Wildman–Crippen LogP) is 4.87. The summed E-state index contributed by atoms with van der Waals surface area (Å²) in [5, 5.41) is 0. The molecule has 0 radical (unpaired) electrons. The standard InChI is InChI=1S/C33H50N5O3/c1-4-41-31(39)23-35(2)27-18-19-36(22-27)32-33(40)38(3,30-15-11-10-14-29(30)34-32)28-20-25-16-17-26(21-28)37(25)24-12-8-6-5-7-9-13-24/h10-11,14-15,24-28H,4-9,12-13,16-23H2,1-3H3/q+1/t25-,26?,27?,28?,38?/m0/s1. The Kier molecular flexibility index (Phi) is 8.53. The maximum absolute atomic E-state index is 14.6. The number of para-hydroxylation sites is 2. The van der Waals surface area contributed by atoms with E-state index in [0.29, 0.717) is 35.6 Å². The first-order chi connectivity index (χ1) is 19.9. The highest BCUT2D eigenvalue weighted by molar-refractivity contribution is 6.42. The maximum atomic E-state index is 14.6. The molecule has 224 valence electrons. The van der Waals surface area contributed by atoms with Crippen molar-refractivity contribution in [2.24, 2.45) is 4.99 Å². The Morgan fingerprint density at radius 1 is 1.00 bits per heavy atom. The summed E-state index contributed by atoms with van der Waals surface area (Å²) in [5.41, 5.74) is 1.99. The zero-order chi connectivity index (χ0) is 28.6. The number of hydrogen-bond donors (Lipinski definition) is 0. The zero-order valence-electron chi connectivity index (χ0n) is 25.5. The van der Waals surface area contributed by atoms with Crippen molar-refractivity contribution >= 4 is 29.1 Å². The number of amides is 1. The quantitative estimate of drug-likeness (QED) is 0.363. The highest BCUT2D eigenvalue weighted by Crippen LogP contribution is 2.47. The van der Waals surface area contributed by atoms with Gasteiger partial charge in [-0.15, -0.1) is 0 Å². The van der Waals surface area contributed by atoms with Gasteiger partial charge < -0.3 is 9.64 Å². The van der Waals surface area contributed by atoms with Crippen LogP contribution >= 0.6 is 0 Å². The molecule has 41 heavy (non-hydrogen) atoms. The molecular formula is C33H50N5O3+. The fourth-order valence-electron chi connectivity index (χ4n) is 8.77. The van der Waals surface area contributed by atoms with Gasteiger partial charge >= 0.3 is 11.9 Å². The molecule has 0 N–H and O–H groups in total. The summed E-state index contributed by atoms with van der Waals surface area (Å²) in [6.07, 6.45) is 15.2. The summed E-state index contributed by atoms with van der Waals surface area (Å²) in [6, 6.07) is 10.7. The summed E-state index contributed by atoms with van der Waals surface area (Å²) in [6.45, 7) is 3.98. The van der Waals surface area contributed by atoms with Gasteiger partial charge in [0.2, 0.25) is 5.84 Å². The van der Waals surface area contributed by atoms with E-state index in [9.17, 15) is 9.59 Å². The van der Waals surface area contributed by atoms with Crippen LogP contribution < -0.4 is 4.48 Å². The number of ether oxygens (including phenoxy) is 1. The molecule has 1 amide bonds. The lowest BCUT2D eigenvalue weighted by molar-refractivity contribution is -0.144. The van der Waals surface area contributed by atoms with E-state index < -0.39 is 0 Å². The molecule has 1 aliphatic carbocycles. The van der Waals surface area contributed by atoms with Crippen molar-refractivity contribution in [1.82, 2.24) is 19.2 Å². The number of carbonyl (C=O) groups excluding carboxylic acids is 2. The molecule has 4 unspecified atom stereocenters. The van der Waals surface area contributed by atoms with Crippen LogP contribution in [-0.4, -0.2) is 103 Å². The molecule has 2 bridgehead atoms. The number of benzene rings is 1. The van der Waals surface area contributed by atoms with E-state index in [1.54, 1.807) is 0 Å². The first-order valence-corrected chi connectivity index (χ1v) is 16.4. The summed E-state index contributed by atoms with van der Waals surface area (Å²) in [4.78, 5) is 38.9. The van der Waals surface area contributed by atoms with E-state index in [2.05, 4.69) is 39.9 Å². The number of rotatable bonds is 6. The molecule has 1 aromatic rings. The number of esters is 1. The predicted molar refractivity (Wildman–Crippen MR) is 163 cm³/mol. The van der Waals surface area contributed by atoms with Crippen LogP contribution in [0.15, 0.2) is 29.3 Å². The molecule has 4 fully saturated rings. The number of carbonyl (C=O) groups is 2. The Bertz CT molecular complexity index is 1130. The minimum atomic E-state index is -0.196. The topological polar surface area (TPSA) is 65.5 Å².